The van der Waals surface area contributed by atoms with Crippen LogP contribution in [-0.4, -0.2) is 44.1 Å². The van der Waals surface area contributed by atoms with Crippen molar-refractivity contribution in [2.75, 3.05) is 13.7 Å². The minimum Gasteiger partial charge on any atom is -0.462 e. The molecule has 160 valence electrons. The normalized spacial score (nSPS) is 14.0. The van der Waals surface area contributed by atoms with Gasteiger partial charge in [0, 0.05) is 5.92 Å². The molecule has 0 N–H and O–H groups in total. The highest BCUT2D eigenvalue weighted by Crippen LogP contribution is 2.18. The average molecular weight is 415 g/mol. The molecule has 3 atom stereocenters. The number of nitrogens with zero attached hydrogens (tertiary/aromatic N) is 1. The number of hydrogen-bond donors (Lipinski definition) is 0. The third-order valence-electron chi connectivity index (χ3n) is 4.48. The molecular formula is C23H26FNO5. The molecule has 0 aromatic heterocycles. The lowest BCUT2D eigenvalue weighted by atomic mass is 10.0. The Hall–Kier alpha value is -3.22. The Balaban J connectivity index is 2.07. The van der Waals surface area contributed by atoms with Crippen LogP contribution in [0.2, 0.25) is 0 Å². The molecule has 0 spiro atoms. The lowest BCUT2D eigenvalue weighted by Gasteiger charge is -2.25. The molecule has 2 rings (SSSR count). The van der Waals surface area contributed by atoms with Crippen molar-refractivity contribution in [2.45, 2.75) is 33.0 Å². The smallest absolute Gasteiger partial charge is 0.338 e. The van der Waals surface area contributed by atoms with Gasteiger partial charge >= 0.3 is 11.9 Å². The van der Waals surface area contributed by atoms with Gasteiger partial charge in [-0.2, -0.15) is 0 Å². The molecule has 2 aromatic carbocycles. The number of oxime groups is 1. The van der Waals surface area contributed by atoms with E-state index >= 15 is 0 Å². The first-order chi connectivity index (χ1) is 14.3. The van der Waals surface area contributed by atoms with E-state index in [1.165, 1.54) is 7.11 Å². The Morgan fingerprint density at radius 3 is 1.97 bits per heavy atom. The number of esters is 2. The first-order valence-electron chi connectivity index (χ1n) is 9.54. The van der Waals surface area contributed by atoms with E-state index < -0.39 is 30.1 Å². The topological polar surface area (TPSA) is 74.2 Å². The number of halogens is 1. The molecule has 0 amide bonds. The summed E-state index contributed by atoms with van der Waals surface area (Å²) in [4.78, 5) is 29.2. The molecule has 30 heavy (non-hydrogen) atoms. The van der Waals surface area contributed by atoms with Gasteiger partial charge in [-0.15, -0.1) is 0 Å². The molecule has 7 heteroatoms. The lowest BCUT2D eigenvalue weighted by molar-refractivity contribution is -0.0165. The van der Waals surface area contributed by atoms with E-state index in [4.69, 9.17) is 9.47 Å². The minimum absolute atomic E-state index is 0.139. The van der Waals surface area contributed by atoms with Crippen LogP contribution in [-0.2, 0) is 14.3 Å². The van der Waals surface area contributed by atoms with Gasteiger partial charge < -0.3 is 14.3 Å². The highest BCUT2D eigenvalue weighted by atomic mass is 19.1. The Morgan fingerprint density at radius 1 is 0.967 bits per heavy atom. The standard InChI is InChI=1S/C23H26FNO5/c1-15-5-9-18(10-6-15)22(26)29-14-17(3)21(20(24)13-25-28-4)30-23(27)19-11-7-16(2)8-12-19/h5-13,17,20-21H,14H2,1-4H3/t17-,20+,21+/m0/s1. The molecular weight excluding hydrogens is 389 g/mol. The molecule has 0 saturated heterocycles. The molecule has 0 fully saturated rings. The summed E-state index contributed by atoms with van der Waals surface area (Å²) in [6.45, 7) is 5.29. The summed E-state index contributed by atoms with van der Waals surface area (Å²) in [5.74, 6) is -1.84. The maximum atomic E-state index is 14.7. The Kier molecular flexibility index (Phi) is 8.53. The van der Waals surface area contributed by atoms with E-state index in [0.29, 0.717) is 11.1 Å². The third-order valence-corrected chi connectivity index (χ3v) is 4.48. The molecule has 2 aromatic rings. The van der Waals surface area contributed by atoms with Crippen molar-refractivity contribution in [2.24, 2.45) is 11.1 Å². The van der Waals surface area contributed by atoms with Gasteiger partial charge in [0.25, 0.3) is 0 Å². The molecule has 0 radical (unpaired) electrons. The summed E-state index contributed by atoms with van der Waals surface area (Å²) in [7, 11) is 1.28. The quantitative estimate of drug-likeness (QED) is 0.347. The van der Waals surface area contributed by atoms with Crippen LogP contribution in [0.25, 0.3) is 0 Å². The predicted molar refractivity (Wildman–Crippen MR) is 111 cm³/mol. The number of benzene rings is 2. The monoisotopic (exact) mass is 415 g/mol. The van der Waals surface area contributed by atoms with E-state index in [1.807, 2.05) is 13.8 Å². The van der Waals surface area contributed by atoms with Crippen LogP contribution >= 0.6 is 0 Å². The van der Waals surface area contributed by atoms with E-state index in [0.717, 1.165) is 17.3 Å². The minimum atomic E-state index is -1.74. The van der Waals surface area contributed by atoms with Crippen LogP contribution in [0.15, 0.2) is 53.7 Å². The van der Waals surface area contributed by atoms with Crippen LogP contribution in [0.5, 0.6) is 0 Å². The van der Waals surface area contributed by atoms with E-state index in [9.17, 15) is 14.0 Å². The van der Waals surface area contributed by atoms with E-state index in [2.05, 4.69) is 9.99 Å². The number of ether oxygens (including phenoxy) is 2. The van der Waals surface area contributed by atoms with Crippen molar-refractivity contribution in [3.8, 4) is 0 Å². The van der Waals surface area contributed by atoms with E-state index in [-0.39, 0.29) is 6.61 Å². The number of aryl methyl sites for hydroxylation is 2. The zero-order chi connectivity index (χ0) is 22.1. The number of carbonyl (C=O) groups is 2. The highest BCUT2D eigenvalue weighted by Gasteiger charge is 2.31. The second-order valence-corrected chi connectivity index (χ2v) is 7.06. The number of hydrogen-bond acceptors (Lipinski definition) is 6. The van der Waals surface area contributed by atoms with Gasteiger partial charge in [-0.25, -0.2) is 14.0 Å². The molecule has 0 unspecified atom stereocenters. The van der Waals surface area contributed by atoms with Gasteiger partial charge in [0.15, 0.2) is 6.17 Å². The first-order valence-corrected chi connectivity index (χ1v) is 9.54. The molecule has 0 heterocycles. The van der Waals surface area contributed by atoms with Gasteiger partial charge in [-0.1, -0.05) is 47.5 Å². The van der Waals surface area contributed by atoms with E-state index in [1.54, 1.807) is 55.5 Å². The molecule has 0 saturated carbocycles. The average Bonchev–Trinajstić information content (AvgIpc) is 2.74. The number of rotatable bonds is 9. The van der Waals surface area contributed by atoms with Gasteiger partial charge in [-0.3, -0.25) is 0 Å². The summed E-state index contributed by atoms with van der Waals surface area (Å²) < 4.78 is 25.4. The van der Waals surface area contributed by atoms with Crippen molar-refractivity contribution in [1.82, 2.24) is 0 Å². The Morgan fingerprint density at radius 2 is 1.47 bits per heavy atom. The third kappa shape index (κ3) is 6.69. The van der Waals surface area contributed by atoms with Crippen LogP contribution in [0, 0.1) is 19.8 Å². The summed E-state index contributed by atoms with van der Waals surface area (Å²) >= 11 is 0. The van der Waals surface area contributed by atoms with Crippen LogP contribution in [0.3, 0.4) is 0 Å². The molecule has 0 aliphatic heterocycles. The van der Waals surface area contributed by atoms with Crippen molar-refractivity contribution < 1.29 is 28.3 Å². The molecule has 0 aliphatic carbocycles. The van der Waals surface area contributed by atoms with Crippen molar-refractivity contribution >= 4 is 18.2 Å². The lowest BCUT2D eigenvalue weighted by Crippen LogP contribution is -2.37. The number of alkyl halides is 1. The zero-order valence-electron chi connectivity index (χ0n) is 17.5. The predicted octanol–water partition coefficient (Wildman–Crippen LogP) is 4.29. The first kappa shape index (κ1) is 23.1. The summed E-state index contributed by atoms with van der Waals surface area (Å²) in [5, 5.41) is 3.42. The molecule has 0 bridgehead atoms. The fraction of sp³-hybridized carbons (Fsp3) is 0.348. The number of carbonyl (C=O) groups excluding carboxylic acids is 2. The van der Waals surface area contributed by atoms with Crippen molar-refractivity contribution in [3.05, 3.63) is 70.8 Å². The second-order valence-electron chi connectivity index (χ2n) is 7.06. The molecule has 6 nitrogen and oxygen atoms in total. The Bertz CT molecular complexity index is 864. The van der Waals surface area contributed by atoms with Crippen LogP contribution in [0.4, 0.5) is 4.39 Å². The summed E-state index contributed by atoms with van der Waals surface area (Å²) in [6, 6.07) is 13.6. The maximum Gasteiger partial charge on any atom is 0.338 e. The van der Waals surface area contributed by atoms with Gasteiger partial charge in [-0.05, 0) is 38.1 Å². The molecule has 0 aliphatic rings. The fourth-order valence-electron chi connectivity index (χ4n) is 2.66. The maximum absolute atomic E-state index is 14.7. The van der Waals surface area contributed by atoms with Crippen molar-refractivity contribution in [1.29, 1.82) is 0 Å². The second kappa shape index (κ2) is 11.1. The Labute approximate surface area is 175 Å². The van der Waals surface area contributed by atoms with Gasteiger partial charge in [0.05, 0.1) is 23.9 Å². The largest absolute Gasteiger partial charge is 0.462 e. The fourth-order valence-corrected chi connectivity index (χ4v) is 2.66. The van der Waals surface area contributed by atoms with Crippen LogP contribution < -0.4 is 0 Å². The highest BCUT2D eigenvalue weighted by molar-refractivity contribution is 5.90. The van der Waals surface area contributed by atoms with Crippen molar-refractivity contribution in [3.63, 3.8) is 0 Å². The van der Waals surface area contributed by atoms with Gasteiger partial charge in [0.2, 0.25) is 0 Å². The van der Waals surface area contributed by atoms with Gasteiger partial charge in [0.1, 0.15) is 13.2 Å². The zero-order valence-corrected chi connectivity index (χ0v) is 17.5. The van der Waals surface area contributed by atoms with Crippen LogP contribution in [0.1, 0.15) is 38.8 Å². The summed E-state index contributed by atoms with van der Waals surface area (Å²) in [6.07, 6.45) is -2.05. The SMILES string of the molecule is CON=C[C@@H](F)[C@H](OC(=O)c1ccc(C)cc1)[C@@H](C)COC(=O)c1ccc(C)cc1. The summed E-state index contributed by atoms with van der Waals surface area (Å²) in [5.41, 5.74) is 2.68.